The number of anilines is 3. The third kappa shape index (κ3) is 5.51. The molecule has 1 unspecified atom stereocenters. The van der Waals surface area contributed by atoms with Crippen LogP contribution in [-0.2, 0) is 11.4 Å². The summed E-state index contributed by atoms with van der Waals surface area (Å²) in [5.41, 5.74) is 2.67. The Hall–Kier alpha value is -4.27. The third-order valence-corrected chi connectivity index (χ3v) is 4.71. The van der Waals surface area contributed by atoms with Gasteiger partial charge in [0.2, 0.25) is 5.91 Å². The number of carbonyl (C=O) groups is 1. The van der Waals surface area contributed by atoms with Gasteiger partial charge < -0.3 is 20.7 Å². The van der Waals surface area contributed by atoms with Crippen molar-refractivity contribution in [2.24, 2.45) is 4.99 Å². The number of fused-ring (bicyclic) bond motifs is 1. The lowest BCUT2D eigenvalue weighted by molar-refractivity contribution is -0.111. The number of nitrogens with zero attached hydrogens (tertiary/aromatic N) is 3. The van der Waals surface area contributed by atoms with Gasteiger partial charge in [-0.3, -0.25) is 9.78 Å². The van der Waals surface area contributed by atoms with Crippen LogP contribution in [0.15, 0.2) is 72.0 Å². The van der Waals surface area contributed by atoms with Crippen molar-refractivity contribution >= 4 is 28.9 Å². The van der Waals surface area contributed by atoms with Crippen molar-refractivity contribution < 1.29 is 13.9 Å². The number of rotatable bonds is 6. The van der Waals surface area contributed by atoms with Crippen molar-refractivity contribution in [2.75, 3.05) is 16.0 Å². The molecule has 9 heteroatoms. The van der Waals surface area contributed by atoms with Gasteiger partial charge in [0.05, 0.1) is 17.6 Å². The molecule has 0 radical (unpaired) electrons. The second-order valence-corrected chi connectivity index (χ2v) is 7.28. The maximum Gasteiger partial charge on any atom is 0.249 e. The number of pyridine rings is 2. The third-order valence-electron chi connectivity index (χ3n) is 4.71. The van der Waals surface area contributed by atoms with Gasteiger partial charge in [0.15, 0.2) is 11.6 Å². The SMILES string of the molecule is C/C=C/C(=O)Nc1cc2c(cn1)NC(C)N=C2Nc1ccc(OCc2ccccn2)c(F)c1. The standard InChI is InChI=1S/C24H23FN6O2/c1-3-6-23(32)31-22-12-18-20(13-27-22)28-15(2)29-24(18)30-16-8-9-21(19(25)11-16)33-14-17-7-4-5-10-26-17/h3-13,15,28H,14H2,1-2H3,(H,29,30)(H,27,31,32)/b6-3+. The van der Waals surface area contributed by atoms with Crippen LogP contribution in [0.4, 0.5) is 21.6 Å². The largest absolute Gasteiger partial charge is 0.484 e. The summed E-state index contributed by atoms with van der Waals surface area (Å²) in [5.74, 6) is 0.254. The fourth-order valence-corrected chi connectivity index (χ4v) is 3.24. The monoisotopic (exact) mass is 446 g/mol. The van der Waals surface area contributed by atoms with Crippen LogP contribution in [0.5, 0.6) is 5.75 Å². The average Bonchev–Trinajstić information content (AvgIpc) is 2.80. The first-order valence-electron chi connectivity index (χ1n) is 10.4. The quantitative estimate of drug-likeness (QED) is 0.487. The topological polar surface area (TPSA) is 101 Å². The Morgan fingerprint density at radius 3 is 2.88 bits per heavy atom. The van der Waals surface area contributed by atoms with Crippen LogP contribution in [0.1, 0.15) is 25.1 Å². The molecule has 168 valence electrons. The number of ether oxygens (including phenoxy) is 1. The van der Waals surface area contributed by atoms with Crippen molar-refractivity contribution in [3.8, 4) is 5.75 Å². The first-order chi connectivity index (χ1) is 16.0. The number of hydrogen-bond acceptors (Lipinski definition) is 7. The average molecular weight is 446 g/mol. The van der Waals surface area contributed by atoms with E-state index < -0.39 is 5.82 Å². The minimum Gasteiger partial charge on any atom is -0.484 e. The van der Waals surface area contributed by atoms with E-state index in [0.717, 1.165) is 5.69 Å². The molecule has 0 fully saturated rings. The highest BCUT2D eigenvalue weighted by atomic mass is 19.1. The van der Waals surface area contributed by atoms with Gasteiger partial charge in [-0.1, -0.05) is 12.1 Å². The second kappa shape index (κ2) is 9.90. The number of nitrogens with one attached hydrogen (secondary N) is 3. The Kier molecular flexibility index (Phi) is 6.58. The number of allylic oxidation sites excluding steroid dienone is 1. The van der Waals surface area contributed by atoms with E-state index in [1.54, 1.807) is 43.6 Å². The van der Waals surface area contributed by atoms with Crippen molar-refractivity contribution in [2.45, 2.75) is 26.6 Å². The molecule has 1 aromatic carbocycles. The van der Waals surface area contributed by atoms with Crippen LogP contribution in [0.2, 0.25) is 0 Å². The van der Waals surface area contributed by atoms with Gasteiger partial charge in [-0.05, 0) is 50.3 Å². The van der Waals surface area contributed by atoms with Crippen LogP contribution < -0.4 is 20.7 Å². The van der Waals surface area contributed by atoms with Gasteiger partial charge in [0.1, 0.15) is 24.4 Å². The molecule has 3 aromatic rings. The van der Waals surface area contributed by atoms with Gasteiger partial charge in [0, 0.05) is 23.5 Å². The van der Waals surface area contributed by atoms with Crippen LogP contribution in [0, 0.1) is 5.82 Å². The Labute approximate surface area is 190 Å². The van der Waals surface area contributed by atoms with Crippen molar-refractivity contribution in [1.29, 1.82) is 0 Å². The molecule has 0 spiro atoms. The molecule has 2 aromatic heterocycles. The highest BCUT2D eigenvalue weighted by Crippen LogP contribution is 2.27. The molecule has 3 heterocycles. The Morgan fingerprint density at radius 2 is 2.12 bits per heavy atom. The van der Waals surface area contributed by atoms with Gasteiger partial charge in [-0.15, -0.1) is 0 Å². The molecule has 4 rings (SSSR count). The molecule has 8 nitrogen and oxygen atoms in total. The normalized spacial score (nSPS) is 14.8. The second-order valence-electron chi connectivity index (χ2n) is 7.28. The molecule has 1 amide bonds. The number of benzene rings is 1. The lowest BCUT2D eigenvalue weighted by Crippen LogP contribution is -2.28. The summed E-state index contributed by atoms with van der Waals surface area (Å²) >= 11 is 0. The highest BCUT2D eigenvalue weighted by Gasteiger charge is 2.20. The molecule has 0 saturated carbocycles. The minimum absolute atomic E-state index is 0.130. The molecular weight excluding hydrogens is 423 g/mol. The smallest absolute Gasteiger partial charge is 0.249 e. The Balaban J connectivity index is 1.51. The zero-order valence-corrected chi connectivity index (χ0v) is 18.2. The Morgan fingerprint density at radius 1 is 1.24 bits per heavy atom. The highest BCUT2D eigenvalue weighted by molar-refractivity contribution is 6.13. The summed E-state index contributed by atoms with van der Waals surface area (Å²) in [6, 6.07) is 11.8. The summed E-state index contributed by atoms with van der Waals surface area (Å²) in [7, 11) is 0. The van der Waals surface area contributed by atoms with E-state index in [9.17, 15) is 9.18 Å². The first kappa shape index (κ1) is 21.9. The molecule has 33 heavy (non-hydrogen) atoms. The van der Waals surface area contributed by atoms with Crippen LogP contribution in [-0.4, -0.2) is 27.9 Å². The minimum atomic E-state index is -0.507. The molecule has 0 aliphatic carbocycles. The lowest BCUT2D eigenvalue weighted by atomic mass is 10.1. The Bertz CT molecular complexity index is 1210. The number of amides is 1. The zero-order valence-electron chi connectivity index (χ0n) is 18.2. The molecule has 1 aliphatic heterocycles. The number of hydrogen-bond donors (Lipinski definition) is 3. The van der Waals surface area contributed by atoms with Crippen molar-refractivity contribution in [1.82, 2.24) is 9.97 Å². The van der Waals surface area contributed by atoms with Crippen LogP contribution in [0.3, 0.4) is 0 Å². The fraction of sp³-hybridized carbons (Fsp3) is 0.167. The summed E-state index contributed by atoms with van der Waals surface area (Å²) in [5, 5.41) is 9.08. The molecule has 1 atom stereocenters. The molecule has 1 aliphatic rings. The van der Waals surface area contributed by atoms with E-state index in [-0.39, 0.29) is 24.4 Å². The molecule has 0 bridgehead atoms. The number of carbonyl (C=O) groups excluding carboxylic acids is 1. The van der Waals surface area contributed by atoms with E-state index in [0.29, 0.717) is 28.6 Å². The van der Waals surface area contributed by atoms with E-state index in [1.807, 2.05) is 25.1 Å². The molecule has 3 N–H and O–H groups in total. The summed E-state index contributed by atoms with van der Waals surface area (Å²) < 4.78 is 20.2. The maximum absolute atomic E-state index is 14.7. The molecular formula is C24H23FN6O2. The number of aliphatic imine (C=N–C) groups is 1. The summed E-state index contributed by atoms with van der Waals surface area (Å²) in [6.07, 6.45) is 6.13. The first-order valence-corrected chi connectivity index (χ1v) is 10.4. The van der Waals surface area contributed by atoms with Crippen LogP contribution in [0.25, 0.3) is 0 Å². The van der Waals surface area contributed by atoms with E-state index in [2.05, 4.69) is 30.9 Å². The summed E-state index contributed by atoms with van der Waals surface area (Å²) in [4.78, 5) is 24.9. The van der Waals surface area contributed by atoms with Crippen LogP contribution >= 0.6 is 0 Å². The summed E-state index contributed by atoms with van der Waals surface area (Å²) in [6.45, 7) is 3.82. The predicted molar refractivity (Wildman–Crippen MR) is 126 cm³/mol. The number of halogens is 1. The van der Waals surface area contributed by atoms with Gasteiger partial charge in [-0.25, -0.2) is 14.4 Å². The number of amidine groups is 1. The van der Waals surface area contributed by atoms with Gasteiger partial charge in [0.25, 0.3) is 0 Å². The van der Waals surface area contributed by atoms with Gasteiger partial charge >= 0.3 is 0 Å². The fourth-order valence-electron chi connectivity index (χ4n) is 3.24. The predicted octanol–water partition coefficient (Wildman–Crippen LogP) is 4.34. The van der Waals surface area contributed by atoms with E-state index in [4.69, 9.17) is 4.74 Å². The number of aromatic nitrogens is 2. The zero-order chi connectivity index (χ0) is 23.2. The van der Waals surface area contributed by atoms with E-state index in [1.165, 1.54) is 12.1 Å². The molecule has 0 saturated heterocycles. The van der Waals surface area contributed by atoms with Gasteiger partial charge in [-0.2, -0.15) is 0 Å². The lowest BCUT2D eigenvalue weighted by Gasteiger charge is -2.24. The van der Waals surface area contributed by atoms with E-state index >= 15 is 0 Å². The van der Waals surface area contributed by atoms with Crippen molar-refractivity contribution in [3.63, 3.8) is 0 Å². The maximum atomic E-state index is 14.7. The van der Waals surface area contributed by atoms with Crippen molar-refractivity contribution in [3.05, 3.63) is 84.1 Å².